The molecule has 0 saturated heterocycles. The van der Waals surface area contributed by atoms with Crippen LogP contribution in [-0.2, 0) is 9.53 Å². The van der Waals surface area contributed by atoms with Gasteiger partial charge < -0.3 is 4.74 Å². The van der Waals surface area contributed by atoms with Crippen molar-refractivity contribution in [2.24, 2.45) is 41.4 Å². The molecule has 3 fully saturated rings. The topological polar surface area (TPSA) is 26.3 Å². The fourth-order valence-corrected chi connectivity index (χ4v) is 6.60. The van der Waals surface area contributed by atoms with E-state index in [9.17, 15) is 4.79 Å². The summed E-state index contributed by atoms with van der Waals surface area (Å²) >= 11 is 0. The normalized spacial score (nSPS) is 43.0. The summed E-state index contributed by atoms with van der Waals surface area (Å²) in [6.07, 6.45) is 8.90. The third-order valence-electron chi connectivity index (χ3n) is 7.35. The maximum absolute atomic E-state index is 12.7. The Hall–Kier alpha value is -0.530. The maximum atomic E-state index is 12.7. The van der Waals surface area contributed by atoms with Crippen LogP contribution in [0.2, 0.25) is 0 Å². The van der Waals surface area contributed by atoms with Gasteiger partial charge in [-0.15, -0.1) is 0 Å². The predicted molar refractivity (Wildman–Crippen MR) is 93.9 cm³/mol. The maximum Gasteiger partial charge on any atom is 0.309 e. The molecule has 3 saturated carbocycles. The van der Waals surface area contributed by atoms with Crippen molar-refractivity contribution in [1.82, 2.24) is 0 Å². The third-order valence-corrected chi connectivity index (χ3v) is 7.35. The summed E-state index contributed by atoms with van der Waals surface area (Å²) in [6.45, 7) is 11.0. The molecule has 0 heterocycles. The highest BCUT2D eigenvalue weighted by Gasteiger charge is 2.65. The summed E-state index contributed by atoms with van der Waals surface area (Å²) in [5.41, 5.74) is -0.186. The number of hydrogen-bond acceptors (Lipinski definition) is 2. The van der Waals surface area contributed by atoms with Crippen LogP contribution >= 0.6 is 0 Å². The molecular weight excluding hydrogens is 284 g/mol. The molecule has 7 atom stereocenters. The molecule has 0 aromatic carbocycles. The lowest BCUT2D eigenvalue weighted by Gasteiger charge is -2.46. The van der Waals surface area contributed by atoms with Crippen LogP contribution in [0.5, 0.6) is 0 Å². The van der Waals surface area contributed by atoms with E-state index < -0.39 is 0 Å². The van der Waals surface area contributed by atoms with E-state index in [0.29, 0.717) is 17.8 Å². The lowest BCUT2D eigenvalue weighted by Crippen LogP contribution is -2.50. The van der Waals surface area contributed by atoms with Gasteiger partial charge in [0.1, 0.15) is 5.60 Å². The summed E-state index contributed by atoms with van der Waals surface area (Å²) < 4.78 is 6.33. The van der Waals surface area contributed by atoms with Crippen molar-refractivity contribution in [3.63, 3.8) is 0 Å². The van der Waals surface area contributed by atoms with E-state index in [-0.39, 0.29) is 17.5 Å². The van der Waals surface area contributed by atoms with Crippen LogP contribution < -0.4 is 0 Å². The first-order valence-corrected chi connectivity index (χ1v) is 10.1. The highest BCUT2D eigenvalue weighted by Crippen LogP contribution is 2.66. The van der Waals surface area contributed by atoms with Gasteiger partial charge in [0, 0.05) is 11.8 Å². The Balaban J connectivity index is 1.76. The molecule has 0 spiro atoms. The second-order valence-electron chi connectivity index (χ2n) is 9.30. The van der Waals surface area contributed by atoms with E-state index in [1.165, 1.54) is 38.5 Å². The van der Waals surface area contributed by atoms with E-state index in [1.807, 2.05) is 6.92 Å². The van der Waals surface area contributed by atoms with Crippen LogP contribution in [0.1, 0.15) is 79.6 Å². The average Bonchev–Trinajstić information content (AvgIpc) is 3.11. The zero-order valence-corrected chi connectivity index (χ0v) is 15.8. The van der Waals surface area contributed by atoms with Gasteiger partial charge in [-0.05, 0) is 62.7 Å². The predicted octanol–water partition coefficient (Wildman–Crippen LogP) is 5.45. The SMILES string of the molecule is CCCC1C2CC(C3CCCC23)C1(C)OC(=O)C(C)CC(C)C. The highest BCUT2D eigenvalue weighted by atomic mass is 16.6. The van der Waals surface area contributed by atoms with Gasteiger partial charge in [0.05, 0.1) is 5.92 Å². The van der Waals surface area contributed by atoms with Gasteiger partial charge in [-0.2, -0.15) is 0 Å². The van der Waals surface area contributed by atoms with Crippen LogP contribution in [-0.4, -0.2) is 11.6 Å². The molecule has 2 heteroatoms. The molecular formula is C21H36O2. The van der Waals surface area contributed by atoms with E-state index >= 15 is 0 Å². The molecule has 7 unspecified atom stereocenters. The Kier molecular flexibility index (Phi) is 4.82. The number of ether oxygens (including phenoxy) is 1. The van der Waals surface area contributed by atoms with Crippen molar-refractivity contribution >= 4 is 5.97 Å². The molecule has 3 rings (SSSR count). The molecule has 0 radical (unpaired) electrons. The zero-order valence-electron chi connectivity index (χ0n) is 15.8. The number of carbonyl (C=O) groups excluding carboxylic acids is 1. The number of fused-ring (bicyclic) bond motifs is 5. The van der Waals surface area contributed by atoms with Crippen molar-refractivity contribution < 1.29 is 9.53 Å². The minimum Gasteiger partial charge on any atom is -0.459 e. The van der Waals surface area contributed by atoms with E-state index in [0.717, 1.165) is 24.2 Å². The summed E-state index contributed by atoms with van der Waals surface area (Å²) in [5, 5.41) is 0. The first-order chi connectivity index (χ1) is 10.9. The second-order valence-corrected chi connectivity index (χ2v) is 9.30. The fourth-order valence-electron chi connectivity index (χ4n) is 6.60. The number of esters is 1. The molecule has 23 heavy (non-hydrogen) atoms. The Bertz CT molecular complexity index is 443. The summed E-state index contributed by atoms with van der Waals surface area (Å²) in [5.74, 6) is 4.49. The van der Waals surface area contributed by atoms with Gasteiger partial charge in [-0.3, -0.25) is 4.79 Å². The van der Waals surface area contributed by atoms with Crippen molar-refractivity contribution in [3.05, 3.63) is 0 Å². The van der Waals surface area contributed by atoms with Crippen LogP contribution in [0.25, 0.3) is 0 Å². The number of carbonyl (C=O) groups is 1. The monoisotopic (exact) mass is 320 g/mol. The molecule has 0 N–H and O–H groups in total. The smallest absolute Gasteiger partial charge is 0.309 e. The van der Waals surface area contributed by atoms with Crippen LogP contribution in [0.4, 0.5) is 0 Å². The largest absolute Gasteiger partial charge is 0.459 e. The van der Waals surface area contributed by atoms with Gasteiger partial charge in [0.15, 0.2) is 0 Å². The van der Waals surface area contributed by atoms with Crippen molar-refractivity contribution in [3.8, 4) is 0 Å². The first-order valence-electron chi connectivity index (χ1n) is 10.1. The lowest BCUT2D eigenvalue weighted by molar-refractivity contribution is -0.181. The van der Waals surface area contributed by atoms with Crippen LogP contribution in [0.15, 0.2) is 0 Å². The third kappa shape index (κ3) is 2.85. The molecule has 0 amide bonds. The molecule has 2 bridgehead atoms. The second kappa shape index (κ2) is 6.41. The van der Waals surface area contributed by atoms with Crippen LogP contribution in [0, 0.1) is 41.4 Å². The minimum atomic E-state index is -0.186. The van der Waals surface area contributed by atoms with Gasteiger partial charge in [0.25, 0.3) is 0 Å². The van der Waals surface area contributed by atoms with Gasteiger partial charge in [-0.1, -0.05) is 40.5 Å². The first kappa shape index (κ1) is 17.3. The van der Waals surface area contributed by atoms with Crippen LogP contribution in [0.3, 0.4) is 0 Å². The number of hydrogen-bond donors (Lipinski definition) is 0. The molecule has 2 nitrogen and oxygen atoms in total. The van der Waals surface area contributed by atoms with Crippen molar-refractivity contribution in [2.75, 3.05) is 0 Å². The Morgan fingerprint density at radius 3 is 2.52 bits per heavy atom. The van der Waals surface area contributed by atoms with E-state index in [1.54, 1.807) is 0 Å². The molecule has 0 aromatic heterocycles. The fraction of sp³-hybridized carbons (Fsp3) is 0.952. The minimum absolute atomic E-state index is 0.0348. The Labute approximate surface area is 142 Å². The number of rotatable bonds is 6. The van der Waals surface area contributed by atoms with E-state index in [4.69, 9.17) is 4.74 Å². The quantitative estimate of drug-likeness (QED) is 0.608. The zero-order chi connectivity index (χ0) is 16.8. The Morgan fingerprint density at radius 2 is 1.87 bits per heavy atom. The standard InChI is InChI=1S/C21H36O2/c1-6-8-18-17-12-19(16-10-7-9-15(16)17)21(18,5)23-20(22)14(4)11-13(2)3/h13-19H,6-12H2,1-5H3. The molecule has 0 aromatic rings. The molecule has 0 aliphatic heterocycles. The Morgan fingerprint density at radius 1 is 1.17 bits per heavy atom. The van der Waals surface area contributed by atoms with Crippen molar-refractivity contribution in [1.29, 1.82) is 0 Å². The molecule has 3 aliphatic rings. The molecule has 3 aliphatic carbocycles. The highest BCUT2D eigenvalue weighted by molar-refractivity contribution is 5.72. The lowest BCUT2D eigenvalue weighted by atomic mass is 9.66. The summed E-state index contributed by atoms with van der Waals surface area (Å²) in [6, 6.07) is 0. The average molecular weight is 321 g/mol. The summed E-state index contributed by atoms with van der Waals surface area (Å²) in [4.78, 5) is 12.7. The molecule has 132 valence electrons. The van der Waals surface area contributed by atoms with E-state index in [2.05, 4.69) is 27.7 Å². The van der Waals surface area contributed by atoms with Gasteiger partial charge in [0.2, 0.25) is 0 Å². The van der Waals surface area contributed by atoms with Crippen molar-refractivity contribution in [2.45, 2.75) is 85.2 Å². The van der Waals surface area contributed by atoms with Gasteiger partial charge >= 0.3 is 5.97 Å². The summed E-state index contributed by atoms with van der Waals surface area (Å²) in [7, 11) is 0. The van der Waals surface area contributed by atoms with Gasteiger partial charge in [-0.25, -0.2) is 0 Å².